The van der Waals surface area contributed by atoms with Gasteiger partial charge in [0.25, 0.3) is 0 Å². The number of hydrogen-bond acceptors (Lipinski definition) is 3. The molecular formula is C15H21NO2. The summed E-state index contributed by atoms with van der Waals surface area (Å²) in [5.41, 5.74) is 2.60. The molecule has 1 aromatic rings. The number of aryl methyl sites for hydroxylation is 1. The summed E-state index contributed by atoms with van der Waals surface area (Å²) in [5, 5.41) is 3.42. The van der Waals surface area contributed by atoms with Gasteiger partial charge >= 0.3 is 0 Å². The first-order valence-corrected chi connectivity index (χ1v) is 6.93. The summed E-state index contributed by atoms with van der Waals surface area (Å²) in [6, 6.07) is 4.43. The lowest BCUT2D eigenvalue weighted by Gasteiger charge is -2.25. The summed E-state index contributed by atoms with van der Waals surface area (Å²) in [6.07, 6.45) is 3.74. The number of nitrogens with one attached hydrogen (secondary N) is 1. The topological polar surface area (TPSA) is 30.5 Å². The van der Waals surface area contributed by atoms with Crippen molar-refractivity contribution < 1.29 is 9.47 Å². The third-order valence-corrected chi connectivity index (χ3v) is 3.87. The Hall–Kier alpha value is -1.22. The van der Waals surface area contributed by atoms with E-state index in [-0.39, 0.29) is 0 Å². The Kier molecular flexibility index (Phi) is 3.41. The molecule has 2 heterocycles. The Morgan fingerprint density at radius 2 is 1.94 bits per heavy atom. The highest BCUT2D eigenvalue weighted by Crippen LogP contribution is 2.35. The number of rotatable bonds is 2. The molecule has 18 heavy (non-hydrogen) atoms. The van der Waals surface area contributed by atoms with Crippen LogP contribution in [-0.2, 0) is 6.42 Å². The molecule has 0 amide bonds. The van der Waals surface area contributed by atoms with Gasteiger partial charge in [0.1, 0.15) is 13.2 Å². The molecule has 0 spiro atoms. The molecule has 0 atom stereocenters. The van der Waals surface area contributed by atoms with Gasteiger partial charge in [-0.1, -0.05) is 6.07 Å². The van der Waals surface area contributed by atoms with Gasteiger partial charge in [-0.3, -0.25) is 0 Å². The molecule has 0 bridgehead atoms. The van der Waals surface area contributed by atoms with Gasteiger partial charge in [0, 0.05) is 0 Å². The van der Waals surface area contributed by atoms with E-state index < -0.39 is 0 Å². The Morgan fingerprint density at radius 3 is 2.78 bits per heavy atom. The van der Waals surface area contributed by atoms with Crippen LogP contribution in [-0.4, -0.2) is 26.3 Å². The number of hydrogen-bond donors (Lipinski definition) is 1. The number of piperidine rings is 1. The molecule has 0 saturated carbocycles. The lowest BCUT2D eigenvalue weighted by atomic mass is 9.90. The molecule has 1 N–H and O–H groups in total. The Labute approximate surface area is 108 Å². The smallest absolute Gasteiger partial charge is 0.164 e. The van der Waals surface area contributed by atoms with Crippen LogP contribution in [0.15, 0.2) is 12.1 Å². The van der Waals surface area contributed by atoms with Gasteiger partial charge in [-0.15, -0.1) is 0 Å². The van der Waals surface area contributed by atoms with Crippen molar-refractivity contribution >= 4 is 0 Å². The van der Waals surface area contributed by atoms with Crippen molar-refractivity contribution in [1.82, 2.24) is 5.32 Å². The first-order chi connectivity index (χ1) is 8.83. The standard InChI is InChI=1S/C15H21NO2/c1-11-8-13(9-12-2-4-16-5-3-12)10-14-15(11)18-7-6-17-14/h8,10,12,16H,2-7,9H2,1H3. The van der Waals surface area contributed by atoms with Gasteiger partial charge in [-0.2, -0.15) is 0 Å². The Bertz CT molecular complexity index is 425. The van der Waals surface area contributed by atoms with E-state index in [4.69, 9.17) is 9.47 Å². The second kappa shape index (κ2) is 5.19. The van der Waals surface area contributed by atoms with Crippen LogP contribution in [0, 0.1) is 12.8 Å². The van der Waals surface area contributed by atoms with Crippen LogP contribution < -0.4 is 14.8 Å². The monoisotopic (exact) mass is 247 g/mol. The van der Waals surface area contributed by atoms with Crippen LogP contribution >= 0.6 is 0 Å². The highest BCUT2D eigenvalue weighted by Gasteiger charge is 2.18. The minimum atomic E-state index is 0.668. The average Bonchev–Trinajstić information content (AvgIpc) is 2.40. The largest absolute Gasteiger partial charge is 0.486 e. The first kappa shape index (κ1) is 11.8. The second-order valence-corrected chi connectivity index (χ2v) is 5.33. The maximum atomic E-state index is 5.70. The Balaban J connectivity index is 1.77. The molecule has 3 heteroatoms. The molecule has 1 fully saturated rings. The van der Waals surface area contributed by atoms with Gasteiger partial charge in [-0.05, 0) is 62.4 Å². The quantitative estimate of drug-likeness (QED) is 0.870. The zero-order valence-electron chi connectivity index (χ0n) is 11.0. The summed E-state index contributed by atoms with van der Waals surface area (Å²) < 4.78 is 11.4. The van der Waals surface area contributed by atoms with Gasteiger partial charge in [0.05, 0.1) is 0 Å². The third-order valence-electron chi connectivity index (χ3n) is 3.87. The summed E-state index contributed by atoms with van der Waals surface area (Å²) in [5.74, 6) is 2.69. The molecule has 98 valence electrons. The van der Waals surface area contributed by atoms with Crippen molar-refractivity contribution in [2.75, 3.05) is 26.3 Å². The molecule has 1 saturated heterocycles. The van der Waals surface area contributed by atoms with Gasteiger partial charge in [-0.25, -0.2) is 0 Å². The summed E-state index contributed by atoms with van der Waals surface area (Å²) in [4.78, 5) is 0. The lowest BCUT2D eigenvalue weighted by molar-refractivity contribution is 0.170. The fourth-order valence-electron chi connectivity index (χ4n) is 2.94. The van der Waals surface area contributed by atoms with E-state index in [1.165, 1.54) is 30.4 Å². The number of benzene rings is 1. The van der Waals surface area contributed by atoms with Crippen LogP contribution in [0.3, 0.4) is 0 Å². The van der Waals surface area contributed by atoms with Crippen LogP contribution in [0.5, 0.6) is 11.5 Å². The van der Waals surface area contributed by atoms with Crippen LogP contribution in [0.25, 0.3) is 0 Å². The van der Waals surface area contributed by atoms with Crippen molar-refractivity contribution in [3.8, 4) is 11.5 Å². The minimum Gasteiger partial charge on any atom is -0.486 e. The molecule has 0 aromatic heterocycles. The van der Waals surface area contributed by atoms with Crippen LogP contribution in [0.1, 0.15) is 24.0 Å². The zero-order valence-corrected chi connectivity index (χ0v) is 11.0. The van der Waals surface area contributed by atoms with Crippen molar-refractivity contribution in [1.29, 1.82) is 0 Å². The molecule has 2 aliphatic heterocycles. The maximum absolute atomic E-state index is 5.70. The van der Waals surface area contributed by atoms with Gasteiger partial charge < -0.3 is 14.8 Å². The SMILES string of the molecule is Cc1cc(CC2CCNCC2)cc2c1OCCO2. The summed E-state index contributed by atoms with van der Waals surface area (Å²) in [7, 11) is 0. The summed E-state index contributed by atoms with van der Waals surface area (Å²) in [6.45, 7) is 5.77. The molecular weight excluding hydrogens is 226 g/mol. The fourth-order valence-corrected chi connectivity index (χ4v) is 2.94. The maximum Gasteiger partial charge on any atom is 0.164 e. The normalized spacial score (nSPS) is 19.8. The van der Waals surface area contributed by atoms with Crippen LogP contribution in [0.2, 0.25) is 0 Å². The average molecular weight is 247 g/mol. The van der Waals surface area contributed by atoms with Crippen molar-refractivity contribution in [3.05, 3.63) is 23.3 Å². The fraction of sp³-hybridized carbons (Fsp3) is 0.600. The van der Waals surface area contributed by atoms with E-state index in [2.05, 4.69) is 24.4 Å². The van der Waals surface area contributed by atoms with E-state index in [1.807, 2.05) is 0 Å². The molecule has 2 aliphatic rings. The van der Waals surface area contributed by atoms with Gasteiger partial charge in [0.2, 0.25) is 0 Å². The van der Waals surface area contributed by atoms with E-state index in [9.17, 15) is 0 Å². The predicted molar refractivity (Wildman–Crippen MR) is 71.5 cm³/mol. The molecule has 0 unspecified atom stereocenters. The zero-order chi connectivity index (χ0) is 12.4. The van der Waals surface area contributed by atoms with E-state index in [0.29, 0.717) is 13.2 Å². The second-order valence-electron chi connectivity index (χ2n) is 5.33. The molecule has 0 radical (unpaired) electrons. The number of fused-ring (bicyclic) bond motifs is 1. The van der Waals surface area contributed by atoms with Crippen molar-refractivity contribution in [2.24, 2.45) is 5.92 Å². The van der Waals surface area contributed by atoms with Crippen LogP contribution in [0.4, 0.5) is 0 Å². The summed E-state index contributed by atoms with van der Waals surface area (Å²) >= 11 is 0. The molecule has 3 nitrogen and oxygen atoms in total. The van der Waals surface area contributed by atoms with Crippen molar-refractivity contribution in [2.45, 2.75) is 26.2 Å². The van der Waals surface area contributed by atoms with Gasteiger partial charge in [0.15, 0.2) is 11.5 Å². The van der Waals surface area contributed by atoms with E-state index >= 15 is 0 Å². The predicted octanol–water partition coefficient (Wildman–Crippen LogP) is 2.31. The molecule has 3 rings (SSSR count). The Morgan fingerprint density at radius 1 is 1.17 bits per heavy atom. The van der Waals surface area contributed by atoms with E-state index in [0.717, 1.165) is 30.5 Å². The molecule has 1 aromatic carbocycles. The number of ether oxygens (including phenoxy) is 2. The van der Waals surface area contributed by atoms with Crippen molar-refractivity contribution in [3.63, 3.8) is 0 Å². The highest BCUT2D eigenvalue weighted by molar-refractivity contribution is 5.49. The first-order valence-electron chi connectivity index (χ1n) is 6.93. The third kappa shape index (κ3) is 2.46. The lowest BCUT2D eigenvalue weighted by Crippen LogP contribution is -2.28. The minimum absolute atomic E-state index is 0.668. The molecule has 0 aliphatic carbocycles. The van der Waals surface area contributed by atoms with E-state index in [1.54, 1.807) is 0 Å². The highest BCUT2D eigenvalue weighted by atomic mass is 16.6.